The summed E-state index contributed by atoms with van der Waals surface area (Å²) >= 11 is 0. The molecule has 10 heteroatoms. The maximum atomic E-state index is 13.8. The fraction of sp³-hybridized carbons (Fsp3) is 0.517. The van der Waals surface area contributed by atoms with Gasteiger partial charge in [-0.1, -0.05) is 38.3 Å². The van der Waals surface area contributed by atoms with Gasteiger partial charge in [-0.2, -0.15) is 13.2 Å². The van der Waals surface area contributed by atoms with Crippen molar-refractivity contribution in [3.05, 3.63) is 58.9 Å². The normalized spacial score (nSPS) is 11.4. The van der Waals surface area contributed by atoms with Crippen LogP contribution in [0.2, 0.25) is 0 Å². The Morgan fingerprint density at radius 1 is 0.923 bits per heavy atom. The molecular formula is C29H38F4N2O4. The SMILES string of the molecule is CCCC(=O)OCc1ccc(N(C)C)c(NC(=O)CCCCCCCOCc2ccc(C(F)(F)F)cc2F)c1. The van der Waals surface area contributed by atoms with Crippen LogP contribution >= 0.6 is 0 Å². The van der Waals surface area contributed by atoms with Crippen molar-refractivity contribution < 1.29 is 36.6 Å². The third-order valence-corrected chi connectivity index (χ3v) is 6.00. The first kappa shape index (κ1) is 32.1. The Labute approximate surface area is 227 Å². The van der Waals surface area contributed by atoms with Crippen LogP contribution in [-0.4, -0.2) is 32.6 Å². The summed E-state index contributed by atoms with van der Waals surface area (Å²) in [6.07, 6.45) is 0.947. The number of esters is 1. The van der Waals surface area contributed by atoms with Crippen molar-refractivity contribution in [2.45, 2.75) is 77.7 Å². The van der Waals surface area contributed by atoms with Gasteiger partial charge < -0.3 is 19.7 Å². The standard InChI is InChI=1S/C29H38F4N2O4/c1-4-10-28(37)39-19-21-12-15-26(35(2)3)25(17-21)34-27(36)11-8-6-5-7-9-16-38-20-22-13-14-23(18-24(22)30)29(31,32)33/h12-15,17-18H,4-11,16,19-20H2,1-3H3,(H,34,36). The first-order valence-electron chi connectivity index (χ1n) is 13.2. The Morgan fingerprint density at radius 2 is 1.64 bits per heavy atom. The Hall–Kier alpha value is -3.14. The van der Waals surface area contributed by atoms with Crippen LogP contribution in [0.15, 0.2) is 36.4 Å². The summed E-state index contributed by atoms with van der Waals surface area (Å²) in [6.45, 7) is 2.35. The minimum absolute atomic E-state index is 0.0819. The predicted molar refractivity (Wildman–Crippen MR) is 143 cm³/mol. The van der Waals surface area contributed by atoms with E-state index in [0.717, 1.165) is 61.9 Å². The Balaban J connectivity index is 1.66. The van der Waals surface area contributed by atoms with E-state index in [-0.39, 0.29) is 30.7 Å². The molecule has 0 heterocycles. The molecule has 0 fully saturated rings. The molecule has 0 aliphatic rings. The molecule has 0 saturated heterocycles. The molecule has 0 atom stereocenters. The maximum absolute atomic E-state index is 13.8. The van der Waals surface area contributed by atoms with Crippen LogP contribution in [0, 0.1) is 5.82 Å². The third-order valence-electron chi connectivity index (χ3n) is 6.00. The van der Waals surface area contributed by atoms with Crippen LogP contribution in [-0.2, 0) is 38.5 Å². The highest BCUT2D eigenvalue weighted by atomic mass is 19.4. The summed E-state index contributed by atoms with van der Waals surface area (Å²) in [5, 5.41) is 2.96. The largest absolute Gasteiger partial charge is 0.461 e. The van der Waals surface area contributed by atoms with E-state index in [1.807, 2.05) is 44.1 Å². The van der Waals surface area contributed by atoms with E-state index in [4.69, 9.17) is 9.47 Å². The van der Waals surface area contributed by atoms with E-state index in [2.05, 4.69) is 5.32 Å². The van der Waals surface area contributed by atoms with Crippen molar-refractivity contribution in [1.82, 2.24) is 0 Å². The van der Waals surface area contributed by atoms with Crippen molar-refractivity contribution in [1.29, 1.82) is 0 Å². The second kappa shape index (κ2) is 16.1. The van der Waals surface area contributed by atoms with Gasteiger partial charge in [-0.3, -0.25) is 9.59 Å². The van der Waals surface area contributed by atoms with E-state index >= 15 is 0 Å². The number of hydrogen-bond donors (Lipinski definition) is 1. The molecule has 0 aliphatic heterocycles. The number of alkyl halides is 3. The average Bonchev–Trinajstić information content (AvgIpc) is 2.86. The lowest BCUT2D eigenvalue weighted by Crippen LogP contribution is -2.17. The fourth-order valence-electron chi connectivity index (χ4n) is 3.86. The van der Waals surface area contributed by atoms with Crippen molar-refractivity contribution in [2.75, 3.05) is 30.9 Å². The molecule has 2 aromatic rings. The second-order valence-electron chi connectivity index (χ2n) is 9.58. The van der Waals surface area contributed by atoms with Crippen LogP contribution in [0.3, 0.4) is 0 Å². The van der Waals surface area contributed by atoms with Gasteiger partial charge in [0.25, 0.3) is 0 Å². The molecule has 0 unspecified atom stereocenters. The number of nitrogens with zero attached hydrogens (tertiary/aromatic N) is 1. The fourth-order valence-corrected chi connectivity index (χ4v) is 3.86. The smallest absolute Gasteiger partial charge is 0.416 e. The highest BCUT2D eigenvalue weighted by Crippen LogP contribution is 2.30. The molecule has 2 rings (SSSR count). The summed E-state index contributed by atoms with van der Waals surface area (Å²) in [6, 6.07) is 8.01. The molecule has 0 aromatic heterocycles. The Morgan fingerprint density at radius 3 is 2.31 bits per heavy atom. The number of benzene rings is 2. The summed E-state index contributed by atoms with van der Waals surface area (Å²) in [7, 11) is 3.77. The van der Waals surface area contributed by atoms with Crippen LogP contribution < -0.4 is 10.2 Å². The number of carbonyl (C=O) groups excluding carboxylic acids is 2. The molecule has 0 radical (unpaired) electrons. The number of halogens is 4. The van der Waals surface area contributed by atoms with Gasteiger partial charge in [0.2, 0.25) is 5.91 Å². The zero-order valence-corrected chi connectivity index (χ0v) is 22.8. The molecule has 216 valence electrons. The van der Waals surface area contributed by atoms with Gasteiger partial charge in [0, 0.05) is 39.1 Å². The summed E-state index contributed by atoms with van der Waals surface area (Å²) < 4.78 is 62.4. The van der Waals surface area contributed by atoms with Crippen molar-refractivity contribution >= 4 is 23.3 Å². The van der Waals surface area contributed by atoms with E-state index in [1.54, 1.807) is 0 Å². The van der Waals surface area contributed by atoms with E-state index in [0.29, 0.717) is 31.2 Å². The summed E-state index contributed by atoms with van der Waals surface area (Å²) in [5.41, 5.74) is 1.38. The van der Waals surface area contributed by atoms with Crippen LogP contribution in [0.1, 0.15) is 75.0 Å². The number of carbonyl (C=O) groups is 2. The van der Waals surface area contributed by atoms with E-state index in [1.165, 1.54) is 0 Å². The number of nitrogens with one attached hydrogen (secondary N) is 1. The van der Waals surface area contributed by atoms with Gasteiger partial charge in [-0.05, 0) is 49.1 Å². The van der Waals surface area contributed by atoms with E-state index in [9.17, 15) is 27.2 Å². The van der Waals surface area contributed by atoms with Crippen molar-refractivity contribution in [3.8, 4) is 0 Å². The number of ether oxygens (including phenoxy) is 2. The number of rotatable bonds is 16. The quantitative estimate of drug-likeness (QED) is 0.135. The van der Waals surface area contributed by atoms with Crippen molar-refractivity contribution in [2.24, 2.45) is 0 Å². The molecule has 0 aliphatic carbocycles. The molecule has 0 spiro atoms. The Kier molecular flexibility index (Phi) is 13.2. The third kappa shape index (κ3) is 11.6. The minimum atomic E-state index is -4.58. The zero-order chi connectivity index (χ0) is 28.8. The van der Waals surface area contributed by atoms with Crippen molar-refractivity contribution in [3.63, 3.8) is 0 Å². The van der Waals surface area contributed by atoms with Gasteiger partial charge in [0.15, 0.2) is 0 Å². The number of amides is 1. The first-order chi connectivity index (χ1) is 18.5. The average molecular weight is 555 g/mol. The van der Waals surface area contributed by atoms with Gasteiger partial charge in [0.05, 0.1) is 23.5 Å². The van der Waals surface area contributed by atoms with Gasteiger partial charge >= 0.3 is 12.1 Å². The number of hydrogen-bond acceptors (Lipinski definition) is 5. The molecule has 0 bridgehead atoms. The molecule has 1 amide bonds. The zero-order valence-electron chi connectivity index (χ0n) is 22.8. The second-order valence-corrected chi connectivity index (χ2v) is 9.58. The molecule has 0 saturated carbocycles. The summed E-state index contributed by atoms with van der Waals surface area (Å²) in [5.74, 6) is -1.28. The van der Waals surface area contributed by atoms with Gasteiger partial charge in [-0.15, -0.1) is 0 Å². The van der Waals surface area contributed by atoms with Gasteiger partial charge in [0.1, 0.15) is 12.4 Å². The molecule has 1 N–H and O–H groups in total. The summed E-state index contributed by atoms with van der Waals surface area (Å²) in [4.78, 5) is 26.1. The lowest BCUT2D eigenvalue weighted by Gasteiger charge is -2.19. The highest BCUT2D eigenvalue weighted by molar-refractivity contribution is 5.94. The molecule has 6 nitrogen and oxygen atoms in total. The van der Waals surface area contributed by atoms with E-state index < -0.39 is 17.6 Å². The number of anilines is 2. The van der Waals surface area contributed by atoms with Gasteiger partial charge in [-0.25, -0.2) is 4.39 Å². The van der Waals surface area contributed by atoms with Crippen LogP contribution in [0.25, 0.3) is 0 Å². The predicted octanol–water partition coefficient (Wildman–Crippen LogP) is 7.25. The lowest BCUT2D eigenvalue weighted by molar-refractivity contribution is -0.145. The topological polar surface area (TPSA) is 67.9 Å². The Bertz CT molecular complexity index is 1070. The molecule has 39 heavy (non-hydrogen) atoms. The maximum Gasteiger partial charge on any atom is 0.416 e. The molecule has 2 aromatic carbocycles. The lowest BCUT2D eigenvalue weighted by atomic mass is 10.1. The highest BCUT2D eigenvalue weighted by Gasteiger charge is 2.31. The monoisotopic (exact) mass is 554 g/mol. The minimum Gasteiger partial charge on any atom is -0.461 e. The first-order valence-corrected chi connectivity index (χ1v) is 13.2. The van der Waals surface area contributed by atoms with Crippen LogP contribution in [0.5, 0.6) is 0 Å². The number of unbranched alkanes of at least 4 members (excludes halogenated alkanes) is 4. The van der Waals surface area contributed by atoms with Crippen LogP contribution in [0.4, 0.5) is 28.9 Å². The molecular weight excluding hydrogens is 516 g/mol.